The molecule has 2 fully saturated rings. The van der Waals surface area contributed by atoms with Crippen LogP contribution >= 0.6 is 23.2 Å². The molecule has 0 saturated heterocycles. The maximum atomic E-state index is 14.2. The van der Waals surface area contributed by atoms with Crippen LogP contribution in [0.3, 0.4) is 0 Å². The van der Waals surface area contributed by atoms with Crippen molar-refractivity contribution in [2.75, 3.05) is 23.7 Å². The summed E-state index contributed by atoms with van der Waals surface area (Å²) in [5, 5.41) is 44.0. The minimum absolute atomic E-state index is 0.0436. The lowest BCUT2D eigenvalue weighted by Crippen LogP contribution is -2.53. The molecule has 4 heterocycles. The number of rotatable bonds is 20. The van der Waals surface area contributed by atoms with E-state index in [0.717, 1.165) is 17.1 Å². The number of nitrogens with one attached hydrogen (secondary N) is 5. The fourth-order valence-electron chi connectivity index (χ4n) is 9.27. The SMILES string of the molecule is CC(=O)c1cn(CC(=O)N(CC(=O)NCc2cccc(Cl)c2F)C2CC(O)C2)c2ccc(Nc3cncnc3)cc12.CC(=O)c1cn(CC(=O)O)c2ccc(Nc3cncnc3)cc12.O=C(CNC1CC(O)C1)NCc1cccc(Cl)c1F. The fourth-order valence-corrected chi connectivity index (χ4v) is 9.66. The quantitative estimate of drug-likeness (QED) is 0.0343. The van der Waals surface area contributed by atoms with Crippen LogP contribution in [0.4, 0.5) is 31.5 Å². The van der Waals surface area contributed by atoms with Gasteiger partial charge in [0.2, 0.25) is 17.7 Å². The van der Waals surface area contributed by atoms with Crippen molar-refractivity contribution in [2.45, 2.75) is 90.0 Å². The largest absolute Gasteiger partial charge is 0.480 e. The molecule has 2 saturated carbocycles. The van der Waals surface area contributed by atoms with E-state index in [4.69, 9.17) is 33.4 Å². The number of amides is 3. The molecule has 4 aromatic carbocycles. The molecule has 83 heavy (non-hydrogen) atoms. The Morgan fingerprint density at radius 2 is 1.08 bits per heavy atom. The van der Waals surface area contributed by atoms with Crippen molar-refractivity contribution in [1.29, 1.82) is 0 Å². The maximum Gasteiger partial charge on any atom is 0.323 e. The van der Waals surface area contributed by atoms with Crippen LogP contribution in [0.15, 0.2) is 123 Å². The Kier molecular flexibility index (Phi) is 20.2. The highest BCUT2D eigenvalue weighted by Gasteiger charge is 2.36. The van der Waals surface area contributed by atoms with Crippen LogP contribution in [0, 0.1) is 11.6 Å². The third kappa shape index (κ3) is 16.0. The zero-order valence-electron chi connectivity index (χ0n) is 44.9. The highest BCUT2D eigenvalue weighted by Crippen LogP contribution is 2.31. The molecule has 3 amide bonds. The van der Waals surface area contributed by atoms with Crippen molar-refractivity contribution >= 4 is 103 Å². The Morgan fingerprint density at radius 3 is 1.53 bits per heavy atom. The standard InChI is InChI=1S/C29H28ClFN6O4.C16H14N4O3.C13H16ClFN2O2/c1-17(38)24-13-36(26-6-5-19(7-23(24)26)35-20-11-32-16-33-12-20)15-28(41)37(21-8-22(39)9-21)14-27(40)34-10-18-3-2-4-25(30)29(18)31;1-10(21)14-7-20(8-16(22)23)15-3-2-11(4-13(14)15)19-12-5-17-9-18-6-12;14-11-3-1-2-8(13(11)15)6-17-12(19)7-16-9-4-10(18)5-9/h2-7,11-13,16,21-22,35,39H,8-10,14-15H2,1H3,(H,34,40);2-7,9,19H,8H2,1H3,(H,22,23);1-3,9-10,16,18H,4-7H2,(H,17,19). The number of aliphatic carboxylic acids is 1. The van der Waals surface area contributed by atoms with Crippen LogP contribution in [0.25, 0.3) is 21.8 Å². The van der Waals surface area contributed by atoms with E-state index in [-0.39, 0.29) is 96.4 Å². The summed E-state index contributed by atoms with van der Waals surface area (Å²) in [6, 6.07) is 20.0. The molecule has 8 aromatic rings. The lowest BCUT2D eigenvalue weighted by atomic mass is 9.88. The third-order valence-corrected chi connectivity index (χ3v) is 14.3. The summed E-state index contributed by atoms with van der Waals surface area (Å²) in [6.45, 7) is 2.54. The van der Waals surface area contributed by atoms with Crippen LogP contribution in [0.2, 0.25) is 10.0 Å². The van der Waals surface area contributed by atoms with Gasteiger partial charge in [-0.25, -0.2) is 28.7 Å². The second-order valence-electron chi connectivity index (χ2n) is 19.8. The number of aromatic nitrogens is 6. The van der Waals surface area contributed by atoms with Gasteiger partial charge in [0, 0.05) is 93.0 Å². The van der Waals surface area contributed by atoms with E-state index in [9.17, 15) is 42.7 Å². The van der Waals surface area contributed by atoms with Crippen molar-refractivity contribution in [1.82, 2.24) is 49.9 Å². The average molecular weight is 1180 g/mol. The molecule has 0 aliphatic heterocycles. The zero-order valence-corrected chi connectivity index (χ0v) is 46.4. The van der Waals surface area contributed by atoms with E-state index in [0.29, 0.717) is 69.9 Å². The van der Waals surface area contributed by atoms with Gasteiger partial charge >= 0.3 is 5.97 Å². The number of hydrogen-bond acceptors (Lipinski definition) is 15. The third-order valence-electron chi connectivity index (χ3n) is 13.7. The predicted molar refractivity (Wildman–Crippen MR) is 306 cm³/mol. The number of aliphatic hydroxyl groups is 2. The number of carbonyl (C=O) groups excluding carboxylic acids is 5. The summed E-state index contributed by atoms with van der Waals surface area (Å²) in [7, 11) is 0. The maximum absolute atomic E-state index is 14.2. The number of hydrogen-bond donors (Lipinski definition) is 8. The normalized spacial score (nSPS) is 16.0. The van der Waals surface area contributed by atoms with E-state index >= 15 is 0 Å². The second-order valence-corrected chi connectivity index (χ2v) is 20.6. The lowest BCUT2D eigenvalue weighted by Gasteiger charge is -2.40. The number of Topliss-reactive ketones (excluding diaryl/α,β-unsaturated/α-hetero) is 2. The molecule has 0 radical (unpaired) electrons. The highest BCUT2D eigenvalue weighted by atomic mass is 35.5. The monoisotopic (exact) mass is 1170 g/mol. The highest BCUT2D eigenvalue weighted by molar-refractivity contribution is 6.31. The minimum Gasteiger partial charge on any atom is -0.480 e. The van der Waals surface area contributed by atoms with E-state index < -0.39 is 29.6 Å². The number of nitrogens with zero attached hydrogens (tertiary/aromatic N) is 7. The lowest BCUT2D eigenvalue weighted by molar-refractivity contribution is -0.143. The summed E-state index contributed by atoms with van der Waals surface area (Å²) in [5.74, 6) is -3.36. The van der Waals surface area contributed by atoms with E-state index in [1.165, 1.54) is 49.6 Å². The molecule has 432 valence electrons. The van der Waals surface area contributed by atoms with Gasteiger partial charge in [-0.05, 0) is 88.1 Å². The summed E-state index contributed by atoms with van der Waals surface area (Å²) >= 11 is 11.5. The molecule has 2 aliphatic rings. The number of fused-ring (bicyclic) bond motifs is 2. The molecule has 0 unspecified atom stereocenters. The molecular weight excluding hydrogens is 1120 g/mol. The predicted octanol–water partition coefficient (Wildman–Crippen LogP) is 7.51. The Hall–Kier alpha value is -8.74. The number of carboxylic acid groups (broad SMARTS) is 1. The molecule has 21 nitrogen and oxygen atoms in total. The van der Waals surface area contributed by atoms with Gasteiger partial charge in [-0.15, -0.1) is 0 Å². The van der Waals surface area contributed by atoms with Crippen molar-refractivity contribution in [3.8, 4) is 0 Å². The second kappa shape index (κ2) is 27.8. The fraction of sp³-hybridized carbons (Fsp3) is 0.276. The summed E-state index contributed by atoms with van der Waals surface area (Å²) < 4.78 is 31.0. The molecule has 2 aliphatic carbocycles. The zero-order chi connectivity index (χ0) is 59.3. The van der Waals surface area contributed by atoms with Gasteiger partial charge in [0.25, 0.3) is 0 Å². The van der Waals surface area contributed by atoms with Crippen LogP contribution in [-0.2, 0) is 45.4 Å². The van der Waals surface area contributed by atoms with E-state index in [2.05, 4.69) is 46.5 Å². The van der Waals surface area contributed by atoms with Crippen LogP contribution in [0.1, 0.15) is 71.4 Å². The number of halogens is 4. The summed E-state index contributed by atoms with van der Waals surface area (Å²) in [4.78, 5) is 90.4. The molecule has 0 spiro atoms. The van der Waals surface area contributed by atoms with Gasteiger partial charge in [-0.2, -0.15) is 0 Å². The molecule has 8 N–H and O–H groups in total. The first-order valence-corrected chi connectivity index (χ1v) is 26.9. The van der Waals surface area contributed by atoms with E-state index in [1.807, 2.05) is 30.3 Å². The Labute approximate surface area is 484 Å². The van der Waals surface area contributed by atoms with Gasteiger partial charge in [0.15, 0.2) is 11.6 Å². The molecule has 10 rings (SSSR count). The topological polar surface area (TPSA) is 288 Å². The van der Waals surface area contributed by atoms with Gasteiger partial charge in [0.1, 0.15) is 37.4 Å². The van der Waals surface area contributed by atoms with Gasteiger partial charge in [0.05, 0.1) is 71.5 Å². The first-order chi connectivity index (χ1) is 39.8. The number of carbonyl (C=O) groups is 6. The first-order valence-electron chi connectivity index (χ1n) is 26.1. The number of benzene rings is 4. The van der Waals surface area contributed by atoms with Crippen molar-refractivity contribution in [3.63, 3.8) is 0 Å². The molecule has 0 atom stereocenters. The van der Waals surface area contributed by atoms with E-state index in [1.54, 1.807) is 70.6 Å². The number of carboxylic acids is 1. The van der Waals surface area contributed by atoms with Crippen LogP contribution in [0.5, 0.6) is 0 Å². The molecule has 4 aromatic heterocycles. The van der Waals surface area contributed by atoms with Gasteiger partial charge in [-0.1, -0.05) is 47.5 Å². The number of aliphatic hydroxyl groups excluding tert-OH is 2. The molecule has 25 heteroatoms. The van der Waals surface area contributed by atoms with Gasteiger partial charge < -0.3 is 55.9 Å². The average Bonchev–Trinajstić information content (AvgIpc) is 4.25. The molecule has 0 bridgehead atoms. The number of anilines is 4. The Bertz CT molecular complexity index is 3660. The number of ketones is 2. The van der Waals surface area contributed by atoms with Gasteiger partial charge in [-0.3, -0.25) is 28.8 Å². The van der Waals surface area contributed by atoms with Crippen LogP contribution < -0.4 is 26.6 Å². The molecular formula is C58H58Cl2F2N12O9. The van der Waals surface area contributed by atoms with Crippen molar-refractivity contribution in [3.05, 3.63) is 167 Å². The minimum atomic E-state index is -0.958. The smallest absolute Gasteiger partial charge is 0.323 e. The van der Waals surface area contributed by atoms with Crippen molar-refractivity contribution in [2.24, 2.45) is 0 Å². The Balaban J connectivity index is 0.000000180. The first kappa shape index (κ1) is 60.4. The summed E-state index contributed by atoms with van der Waals surface area (Å²) in [6.07, 6.45) is 13.9. The Morgan fingerprint density at radius 1 is 0.627 bits per heavy atom. The van der Waals surface area contributed by atoms with Crippen molar-refractivity contribution < 1.29 is 52.9 Å². The summed E-state index contributed by atoms with van der Waals surface area (Å²) in [5.41, 5.74) is 5.80. The van der Waals surface area contributed by atoms with Crippen LogP contribution in [-0.4, -0.2) is 122 Å².